The minimum Gasteiger partial charge on any atom is -0.342 e. The van der Waals surface area contributed by atoms with E-state index in [-0.39, 0.29) is 23.8 Å². The summed E-state index contributed by atoms with van der Waals surface area (Å²) in [5.74, 6) is -0.280. The molecule has 1 saturated heterocycles. The van der Waals surface area contributed by atoms with Crippen molar-refractivity contribution in [3.63, 3.8) is 0 Å². The molecule has 0 spiro atoms. The monoisotopic (exact) mass is 441 g/mol. The van der Waals surface area contributed by atoms with Gasteiger partial charge in [0.2, 0.25) is 0 Å². The van der Waals surface area contributed by atoms with Gasteiger partial charge >= 0.3 is 0 Å². The molecule has 2 atom stereocenters. The molecule has 1 aromatic heterocycles. The van der Waals surface area contributed by atoms with Crippen LogP contribution in [-0.2, 0) is 0 Å². The standard InChI is InChI=1S/C23H25ClFN5O/c1-29(23(31)17-14-26-30(15-17)21-9-7-18(24)8-10-21)11-3-6-20-13-22(28-27-20)16-4-2-5-19(25)12-16/h2,4-5,7-10,12,14-15,20,22,27-28H,3,6,11,13H2,1H3. The lowest BCUT2D eigenvalue weighted by Gasteiger charge is -2.17. The summed E-state index contributed by atoms with van der Waals surface area (Å²) in [5, 5.41) is 4.94. The number of carbonyl (C=O) groups is 1. The van der Waals surface area contributed by atoms with E-state index in [9.17, 15) is 9.18 Å². The lowest BCUT2D eigenvalue weighted by molar-refractivity contribution is 0.0791. The SMILES string of the molecule is CN(CCCC1CC(c2cccc(F)c2)NN1)C(=O)c1cnn(-c2ccc(Cl)cc2)c1. The third-order valence-corrected chi connectivity index (χ3v) is 5.80. The molecule has 0 aliphatic carbocycles. The van der Waals surface area contributed by atoms with Crippen LogP contribution in [0.5, 0.6) is 0 Å². The van der Waals surface area contributed by atoms with Gasteiger partial charge in [-0.05, 0) is 61.2 Å². The van der Waals surface area contributed by atoms with Gasteiger partial charge in [-0.1, -0.05) is 23.7 Å². The van der Waals surface area contributed by atoms with Gasteiger partial charge in [0.15, 0.2) is 0 Å². The highest BCUT2D eigenvalue weighted by molar-refractivity contribution is 6.30. The number of benzene rings is 2. The zero-order chi connectivity index (χ0) is 21.8. The van der Waals surface area contributed by atoms with Gasteiger partial charge in [-0.2, -0.15) is 5.10 Å². The van der Waals surface area contributed by atoms with Gasteiger partial charge in [0, 0.05) is 36.9 Å². The maximum atomic E-state index is 13.4. The highest BCUT2D eigenvalue weighted by Gasteiger charge is 2.25. The molecule has 3 aromatic rings. The Morgan fingerprint density at radius 1 is 1.26 bits per heavy atom. The quantitative estimate of drug-likeness (QED) is 0.579. The van der Waals surface area contributed by atoms with Crippen molar-refractivity contribution in [1.82, 2.24) is 25.5 Å². The topological polar surface area (TPSA) is 62.2 Å². The number of halogens is 2. The number of rotatable bonds is 7. The third kappa shape index (κ3) is 5.31. The maximum absolute atomic E-state index is 13.4. The van der Waals surface area contributed by atoms with Crippen LogP contribution in [-0.4, -0.2) is 40.2 Å². The number of carbonyl (C=O) groups excluding carboxylic acids is 1. The van der Waals surface area contributed by atoms with Crippen LogP contribution < -0.4 is 10.9 Å². The molecule has 1 fully saturated rings. The van der Waals surface area contributed by atoms with Gasteiger partial charge in [0.25, 0.3) is 5.91 Å². The summed E-state index contributed by atoms with van der Waals surface area (Å²) in [5.41, 5.74) is 8.86. The predicted molar refractivity (Wildman–Crippen MR) is 119 cm³/mol. The minimum absolute atomic E-state index is 0.0599. The van der Waals surface area contributed by atoms with E-state index in [0.29, 0.717) is 17.1 Å². The van der Waals surface area contributed by atoms with Crippen molar-refractivity contribution in [2.75, 3.05) is 13.6 Å². The summed E-state index contributed by atoms with van der Waals surface area (Å²) in [4.78, 5) is 14.4. The highest BCUT2D eigenvalue weighted by atomic mass is 35.5. The van der Waals surface area contributed by atoms with Crippen molar-refractivity contribution in [1.29, 1.82) is 0 Å². The van der Waals surface area contributed by atoms with E-state index in [1.807, 2.05) is 18.2 Å². The Balaban J connectivity index is 1.25. The first-order valence-electron chi connectivity index (χ1n) is 10.3. The van der Waals surface area contributed by atoms with E-state index >= 15 is 0 Å². The maximum Gasteiger partial charge on any atom is 0.256 e. The molecule has 4 rings (SSSR count). The first-order chi connectivity index (χ1) is 15.0. The molecule has 6 nitrogen and oxygen atoms in total. The van der Waals surface area contributed by atoms with E-state index in [4.69, 9.17) is 11.6 Å². The zero-order valence-electron chi connectivity index (χ0n) is 17.3. The Bertz CT molecular complexity index is 1040. The summed E-state index contributed by atoms with van der Waals surface area (Å²) in [6.45, 7) is 0.647. The van der Waals surface area contributed by atoms with Crippen molar-refractivity contribution < 1.29 is 9.18 Å². The van der Waals surface area contributed by atoms with E-state index in [1.165, 1.54) is 6.07 Å². The van der Waals surface area contributed by atoms with Gasteiger partial charge in [0.05, 0.1) is 17.4 Å². The van der Waals surface area contributed by atoms with E-state index in [2.05, 4.69) is 16.0 Å². The van der Waals surface area contributed by atoms with Crippen LogP contribution >= 0.6 is 11.6 Å². The number of aromatic nitrogens is 2. The average Bonchev–Trinajstić information content (AvgIpc) is 3.44. The minimum atomic E-state index is -0.220. The number of amides is 1. The molecule has 0 saturated carbocycles. The molecule has 8 heteroatoms. The molecule has 2 aromatic carbocycles. The van der Waals surface area contributed by atoms with Crippen LogP contribution in [0.2, 0.25) is 5.02 Å². The van der Waals surface area contributed by atoms with Gasteiger partial charge < -0.3 is 4.90 Å². The van der Waals surface area contributed by atoms with Gasteiger partial charge in [-0.25, -0.2) is 9.07 Å². The smallest absolute Gasteiger partial charge is 0.256 e. The van der Waals surface area contributed by atoms with Gasteiger partial charge in [0.1, 0.15) is 5.82 Å². The fourth-order valence-corrected chi connectivity index (χ4v) is 3.94. The fourth-order valence-electron chi connectivity index (χ4n) is 3.82. The molecule has 1 amide bonds. The number of nitrogens with one attached hydrogen (secondary N) is 2. The predicted octanol–water partition coefficient (Wildman–Crippen LogP) is 4.12. The molecule has 0 radical (unpaired) electrons. The lowest BCUT2D eigenvalue weighted by atomic mass is 9.99. The van der Waals surface area contributed by atoms with E-state index in [1.54, 1.807) is 53.3 Å². The Hall–Kier alpha value is -2.74. The molecule has 2 heterocycles. The second kappa shape index (κ2) is 9.60. The Morgan fingerprint density at radius 3 is 2.84 bits per heavy atom. The number of nitrogens with zero attached hydrogens (tertiary/aromatic N) is 3. The summed E-state index contributed by atoms with van der Waals surface area (Å²) >= 11 is 5.92. The summed E-state index contributed by atoms with van der Waals surface area (Å²) < 4.78 is 15.1. The van der Waals surface area contributed by atoms with Crippen molar-refractivity contribution in [2.45, 2.75) is 31.3 Å². The second-order valence-electron chi connectivity index (χ2n) is 7.85. The lowest BCUT2D eigenvalue weighted by Crippen LogP contribution is -2.32. The number of hydrazine groups is 1. The summed E-state index contributed by atoms with van der Waals surface area (Å²) in [7, 11) is 1.80. The largest absolute Gasteiger partial charge is 0.342 e. The van der Waals surface area contributed by atoms with Gasteiger partial charge in [-0.3, -0.25) is 15.6 Å². The Kier molecular flexibility index (Phi) is 6.65. The molecule has 1 aliphatic rings. The van der Waals surface area contributed by atoms with Crippen molar-refractivity contribution in [3.05, 3.63) is 82.9 Å². The normalized spacial score (nSPS) is 18.3. The van der Waals surface area contributed by atoms with Crippen molar-refractivity contribution in [2.24, 2.45) is 0 Å². The molecule has 2 unspecified atom stereocenters. The molecule has 2 N–H and O–H groups in total. The van der Waals surface area contributed by atoms with E-state index in [0.717, 1.165) is 30.5 Å². The molecule has 1 aliphatic heterocycles. The van der Waals surface area contributed by atoms with Crippen LogP contribution in [0.15, 0.2) is 60.9 Å². The first kappa shape index (κ1) is 21.5. The van der Waals surface area contributed by atoms with Gasteiger partial charge in [-0.15, -0.1) is 0 Å². The molecule has 31 heavy (non-hydrogen) atoms. The summed E-state index contributed by atoms with van der Waals surface area (Å²) in [6.07, 6.45) is 5.98. The van der Waals surface area contributed by atoms with Crippen molar-refractivity contribution in [3.8, 4) is 5.69 Å². The fraction of sp³-hybridized carbons (Fsp3) is 0.304. The second-order valence-corrected chi connectivity index (χ2v) is 8.28. The van der Waals surface area contributed by atoms with E-state index < -0.39 is 0 Å². The van der Waals surface area contributed by atoms with Crippen LogP contribution in [0.3, 0.4) is 0 Å². The zero-order valence-corrected chi connectivity index (χ0v) is 18.0. The molecule has 0 bridgehead atoms. The van der Waals surface area contributed by atoms with Crippen LogP contribution in [0.4, 0.5) is 4.39 Å². The highest BCUT2D eigenvalue weighted by Crippen LogP contribution is 2.24. The Labute approximate surface area is 186 Å². The molecular weight excluding hydrogens is 417 g/mol. The van der Waals surface area contributed by atoms with Crippen LogP contribution in [0, 0.1) is 5.82 Å². The average molecular weight is 442 g/mol. The number of hydrogen-bond donors (Lipinski definition) is 2. The Morgan fingerprint density at radius 2 is 2.06 bits per heavy atom. The molecular formula is C23H25ClFN5O. The summed E-state index contributed by atoms with van der Waals surface area (Å²) in [6, 6.07) is 14.3. The first-order valence-corrected chi connectivity index (χ1v) is 10.7. The van der Waals surface area contributed by atoms with Crippen LogP contribution in [0.25, 0.3) is 5.69 Å². The van der Waals surface area contributed by atoms with Crippen molar-refractivity contribution >= 4 is 17.5 Å². The van der Waals surface area contributed by atoms with Crippen LogP contribution in [0.1, 0.15) is 41.2 Å². The number of hydrogen-bond acceptors (Lipinski definition) is 4. The third-order valence-electron chi connectivity index (χ3n) is 5.55. The molecule has 162 valence electrons.